The van der Waals surface area contributed by atoms with Gasteiger partial charge in [-0.05, 0) is 11.1 Å². The SMILES string of the molecule is CN1OC(c2ccccc2)CC1(Cn1ccnc1)c1ccccc1. The summed E-state index contributed by atoms with van der Waals surface area (Å²) in [6.07, 6.45) is 6.65. The van der Waals surface area contributed by atoms with Gasteiger partial charge in [0.2, 0.25) is 0 Å². The Hall–Kier alpha value is -2.43. The van der Waals surface area contributed by atoms with Gasteiger partial charge in [-0.2, -0.15) is 5.06 Å². The van der Waals surface area contributed by atoms with Crippen LogP contribution in [0.5, 0.6) is 0 Å². The fraction of sp³-hybridized carbons (Fsp3) is 0.250. The average Bonchev–Trinajstić information content (AvgIpc) is 3.26. The number of hydrogen-bond donors (Lipinski definition) is 0. The van der Waals surface area contributed by atoms with Crippen molar-refractivity contribution in [1.82, 2.24) is 14.6 Å². The second-order valence-electron chi connectivity index (χ2n) is 6.34. The quantitative estimate of drug-likeness (QED) is 0.733. The van der Waals surface area contributed by atoms with Gasteiger partial charge in [0.05, 0.1) is 11.9 Å². The van der Waals surface area contributed by atoms with Gasteiger partial charge >= 0.3 is 0 Å². The van der Waals surface area contributed by atoms with Crippen LogP contribution in [0.4, 0.5) is 0 Å². The van der Waals surface area contributed by atoms with Crippen molar-refractivity contribution in [2.24, 2.45) is 0 Å². The van der Waals surface area contributed by atoms with Gasteiger partial charge in [0.1, 0.15) is 6.10 Å². The van der Waals surface area contributed by atoms with Crippen molar-refractivity contribution in [1.29, 1.82) is 0 Å². The van der Waals surface area contributed by atoms with Gasteiger partial charge in [0.25, 0.3) is 0 Å². The van der Waals surface area contributed by atoms with Crippen LogP contribution in [0.15, 0.2) is 79.4 Å². The Morgan fingerprint density at radius 3 is 2.46 bits per heavy atom. The normalized spacial score (nSPS) is 24.3. The van der Waals surface area contributed by atoms with E-state index in [4.69, 9.17) is 4.84 Å². The number of rotatable bonds is 4. The standard InChI is InChI=1S/C20H21N3O/c1-22-20(15-23-13-12-21-16-23,18-10-6-3-7-11-18)14-19(24-22)17-8-4-2-5-9-17/h2-13,16,19H,14-15H2,1H3. The van der Waals surface area contributed by atoms with Crippen molar-refractivity contribution in [2.45, 2.75) is 24.6 Å². The molecule has 0 radical (unpaired) electrons. The Morgan fingerprint density at radius 2 is 1.79 bits per heavy atom. The van der Waals surface area contributed by atoms with Gasteiger partial charge in [-0.1, -0.05) is 60.7 Å². The molecule has 4 heteroatoms. The van der Waals surface area contributed by atoms with Crippen LogP contribution < -0.4 is 0 Å². The molecular weight excluding hydrogens is 298 g/mol. The zero-order valence-corrected chi connectivity index (χ0v) is 13.7. The Labute approximate surface area is 142 Å². The van der Waals surface area contributed by atoms with E-state index >= 15 is 0 Å². The molecule has 0 bridgehead atoms. The third-order valence-corrected chi connectivity index (χ3v) is 4.90. The highest BCUT2D eigenvalue weighted by Gasteiger charge is 2.47. The van der Waals surface area contributed by atoms with Gasteiger partial charge in [-0.3, -0.25) is 4.84 Å². The van der Waals surface area contributed by atoms with E-state index < -0.39 is 0 Å². The highest BCUT2D eigenvalue weighted by atomic mass is 16.7. The Balaban J connectivity index is 1.73. The van der Waals surface area contributed by atoms with Crippen LogP contribution in [0.3, 0.4) is 0 Å². The van der Waals surface area contributed by atoms with Crippen LogP contribution in [0.25, 0.3) is 0 Å². The molecule has 1 aliphatic rings. The molecule has 3 aromatic rings. The molecule has 2 unspecified atom stereocenters. The van der Waals surface area contributed by atoms with Crippen LogP contribution in [0, 0.1) is 0 Å². The maximum absolute atomic E-state index is 6.27. The van der Waals surface area contributed by atoms with E-state index in [1.165, 1.54) is 11.1 Å². The summed E-state index contributed by atoms with van der Waals surface area (Å²) in [7, 11) is 2.03. The predicted molar refractivity (Wildman–Crippen MR) is 93.0 cm³/mol. The van der Waals surface area contributed by atoms with Crippen molar-refractivity contribution in [2.75, 3.05) is 7.05 Å². The molecule has 1 fully saturated rings. The van der Waals surface area contributed by atoms with E-state index in [1.807, 2.05) is 36.9 Å². The summed E-state index contributed by atoms with van der Waals surface area (Å²) in [5.74, 6) is 0. The molecule has 122 valence electrons. The zero-order chi connectivity index (χ0) is 16.4. The number of aromatic nitrogens is 2. The van der Waals surface area contributed by atoms with E-state index in [0.29, 0.717) is 0 Å². The molecular formula is C20H21N3O. The Kier molecular flexibility index (Phi) is 3.92. The molecule has 0 aliphatic carbocycles. The number of imidazole rings is 1. The lowest BCUT2D eigenvalue weighted by Gasteiger charge is -2.34. The molecule has 4 nitrogen and oxygen atoms in total. The molecule has 24 heavy (non-hydrogen) atoms. The van der Waals surface area contributed by atoms with E-state index in [0.717, 1.165) is 13.0 Å². The topological polar surface area (TPSA) is 30.3 Å². The van der Waals surface area contributed by atoms with Crippen molar-refractivity contribution in [3.63, 3.8) is 0 Å². The lowest BCUT2D eigenvalue weighted by atomic mass is 9.83. The number of benzene rings is 2. The van der Waals surface area contributed by atoms with Crippen molar-refractivity contribution < 1.29 is 4.84 Å². The third-order valence-electron chi connectivity index (χ3n) is 4.90. The summed E-state index contributed by atoms with van der Waals surface area (Å²) in [6.45, 7) is 0.802. The molecule has 0 saturated carbocycles. The summed E-state index contributed by atoms with van der Waals surface area (Å²) < 4.78 is 2.13. The zero-order valence-electron chi connectivity index (χ0n) is 13.7. The summed E-state index contributed by atoms with van der Waals surface area (Å²) in [6, 6.07) is 21.1. The summed E-state index contributed by atoms with van der Waals surface area (Å²) in [5, 5.41) is 2.03. The predicted octanol–water partition coefficient (Wildman–Crippen LogP) is 3.79. The van der Waals surface area contributed by atoms with Gasteiger partial charge < -0.3 is 4.57 Å². The highest BCUT2D eigenvalue weighted by molar-refractivity contribution is 5.28. The molecule has 1 saturated heterocycles. The molecule has 2 aromatic carbocycles. The molecule has 2 heterocycles. The van der Waals surface area contributed by atoms with E-state index in [9.17, 15) is 0 Å². The van der Waals surface area contributed by atoms with Crippen LogP contribution >= 0.6 is 0 Å². The first-order chi connectivity index (χ1) is 11.8. The molecule has 0 N–H and O–H groups in total. The first kappa shape index (κ1) is 15.1. The molecule has 2 atom stereocenters. The summed E-state index contributed by atoms with van der Waals surface area (Å²) in [5.41, 5.74) is 2.26. The maximum atomic E-state index is 6.27. The van der Waals surface area contributed by atoms with E-state index in [1.54, 1.807) is 0 Å². The maximum Gasteiger partial charge on any atom is 0.107 e. The lowest BCUT2D eigenvalue weighted by Crippen LogP contribution is -2.41. The van der Waals surface area contributed by atoms with Crippen LogP contribution in [-0.4, -0.2) is 21.7 Å². The number of hydroxylamine groups is 2. The summed E-state index contributed by atoms with van der Waals surface area (Å²) in [4.78, 5) is 10.5. The minimum Gasteiger partial charge on any atom is -0.335 e. The summed E-state index contributed by atoms with van der Waals surface area (Å²) >= 11 is 0. The average molecular weight is 319 g/mol. The monoisotopic (exact) mass is 319 g/mol. The van der Waals surface area contributed by atoms with E-state index in [2.05, 4.69) is 64.1 Å². The Morgan fingerprint density at radius 1 is 1.08 bits per heavy atom. The highest BCUT2D eigenvalue weighted by Crippen LogP contribution is 2.46. The lowest BCUT2D eigenvalue weighted by molar-refractivity contribution is -0.176. The van der Waals surface area contributed by atoms with E-state index in [-0.39, 0.29) is 11.6 Å². The fourth-order valence-electron chi connectivity index (χ4n) is 3.60. The largest absolute Gasteiger partial charge is 0.335 e. The number of hydrogen-bond acceptors (Lipinski definition) is 3. The fourth-order valence-corrected chi connectivity index (χ4v) is 3.60. The van der Waals surface area contributed by atoms with Crippen LogP contribution in [-0.2, 0) is 16.9 Å². The van der Waals surface area contributed by atoms with Crippen LogP contribution in [0.1, 0.15) is 23.7 Å². The first-order valence-corrected chi connectivity index (χ1v) is 8.25. The molecule has 1 aromatic heterocycles. The van der Waals surface area contributed by atoms with Crippen molar-refractivity contribution in [3.05, 3.63) is 90.5 Å². The Bertz CT molecular complexity index is 773. The minimum atomic E-state index is -0.220. The third kappa shape index (κ3) is 2.64. The second kappa shape index (κ2) is 6.23. The minimum absolute atomic E-state index is 0.0555. The first-order valence-electron chi connectivity index (χ1n) is 8.25. The molecule has 4 rings (SSSR count). The molecule has 0 spiro atoms. The molecule has 1 aliphatic heterocycles. The van der Waals surface area contributed by atoms with Gasteiger partial charge in [0, 0.05) is 32.4 Å². The smallest absolute Gasteiger partial charge is 0.107 e. The van der Waals surface area contributed by atoms with Gasteiger partial charge in [-0.15, -0.1) is 0 Å². The van der Waals surface area contributed by atoms with Gasteiger partial charge in [-0.25, -0.2) is 4.98 Å². The van der Waals surface area contributed by atoms with Crippen LogP contribution in [0.2, 0.25) is 0 Å². The molecule has 0 amide bonds. The van der Waals surface area contributed by atoms with Gasteiger partial charge in [0.15, 0.2) is 0 Å². The number of nitrogens with zero attached hydrogens (tertiary/aromatic N) is 3. The van der Waals surface area contributed by atoms with Crippen molar-refractivity contribution >= 4 is 0 Å². The second-order valence-corrected chi connectivity index (χ2v) is 6.34. The number of likely N-dealkylation sites (N-methyl/N-ethyl adjacent to an activating group) is 1. The van der Waals surface area contributed by atoms with Crippen molar-refractivity contribution in [3.8, 4) is 0 Å².